The quantitative estimate of drug-likeness (QED) is 0.300. The summed E-state index contributed by atoms with van der Waals surface area (Å²) in [7, 11) is 0. The van der Waals surface area contributed by atoms with E-state index in [1.54, 1.807) is 18.2 Å². The molecule has 4 heteroatoms. The number of ether oxygens (including phenoxy) is 3. The standard InChI is InChI=1S/C28H24O4/c29-28(32-21-24-14-8-3-9-15-24)25-16-26(30-19-22-10-4-1-5-11-22)18-27(17-25)31-20-23-12-6-2-7-13-23/h1-18H,19-21H2. The van der Waals surface area contributed by atoms with Crippen LogP contribution >= 0.6 is 0 Å². The Kier molecular flexibility index (Phi) is 7.17. The average Bonchev–Trinajstić information content (AvgIpc) is 2.86. The van der Waals surface area contributed by atoms with E-state index < -0.39 is 5.97 Å². The second-order valence-corrected chi connectivity index (χ2v) is 7.30. The SMILES string of the molecule is O=C(OCc1ccccc1)c1cc(OCc2ccccc2)cc(OCc2ccccc2)c1. The molecule has 0 N–H and O–H groups in total. The molecule has 0 saturated heterocycles. The molecule has 0 radical (unpaired) electrons. The van der Waals surface area contributed by atoms with E-state index in [0.717, 1.165) is 16.7 Å². The van der Waals surface area contributed by atoms with Crippen LogP contribution in [0.4, 0.5) is 0 Å². The summed E-state index contributed by atoms with van der Waals surface area (Å²) < 4.78 is 17.4. The van der Waals surface area contributed by atoms with Crippen LogP contribution in [0.25, 0.3) is 0 Å². The molecule has 4 rings (SSSR count). The van der Waals surface area contributed by atoms with E-state index in [4.69, 9.17) is 14.2 Å². The average molecular weight is 424 g/mol. The molecule has 4 nitrogen and oxygen atoms in total. The summed E-state index contributed by atoms with van der Waals surface area (Å²) in [4.78, 5) is 12.7. The number of hydrogen-bond donors (Lipinski definition) is 0. The fraction of sp³-hybridized carbons (Fsp3) is 0.107. The lowest BCUT2D eigenvalue weighted by atomic mass is 10.2. The summed E-state index contributed by atoms with van der Waals surface area (Å²) in [5.74, 6) is 0.667. The number of carbonyl (C=O) groups is 1. The van der Waals surface area contributed by atoms with Crippen LogP contribution in [-0.4, -0.2) is 5.97 Å². The van der Waals surface area contributed by atoms with Crippen LogP contribution in [0.3, 0.4) is 0 Å². The van der Waals surface area contributed by atoms with Crippen LogP contribution in [0.15, 0.2) is 109 Å². The van der Waals surface area contributed by atoms with Gasteiger partial charge in [0.25, 0.3) is 0 Å². The maximum absolute atomic E-state index is 12.7. The Bertz CT molecular complexity index is 1060. The van der Waals surface area contributed by atoms with Gasteiger partial charge in [0.1, 0.15) is 31.3 Å². The van der Waals surface area contributed by atoms with E-state index >= 15 is 0 Å². The highest BCUT2D eigenvalue weighted by Gasteiger charge is 2.13. The third kappa shape index (κ3) is 6.22. The van der Waals surface area contributed by atoms with Gasteiger partial charge < -0.3 is 14.2 Å². The van der Waals surface area contributed by atoms with Crippen molar-refractivity contribution in [2.75, 3.05) is 0 Å². The number of rotatable bonds is 9. The van der Waals surface area contributed by atoms with Gasteiger partial charge in [0.15, 0.2) is 0 Å². The van der Waals surface area contributed by atoms with Crippen LogP contribution in [-0.2, 0) is 24.6 Å². The Morgan fingerprint density at radius 3 is 1.38 bits per heavy atom. The Balaban J connectivity index is 1.49. The van der Waals surface area contributed by atoms with Crippen molar-refractivity contribution in [1.29, 1.82) is 0 Å². The topological polar surface area (TPSA) is 44.8 Å². The zero-order valence-corrected chi connectivity index (χ0v) is 17.6. The van der Waals surface area contributed by atoms with Gasteiger partial charge in [0.05, 0.1) is 5.56 Å². The summed E-state index contributed by atoms with van der Waals surface area (Å²) in [6, 6.07) is 34.5. The minimum Gasteiger partial charge on any atom is -0.489 e. The first kappa shape index (κ1) is 21.2. The highest BCUT2D eigenvalue weighted by atomic mass is 16.5. The van der Waals surface area contributed by atoms with Gasteiger partial charge in [-0.3, -0.25) is 0 Å². The van der Waals surface area contributed by atoms with Crippen molar-refractivity contribution >= 4 is 5.97 Å². The number of esters is 1. The first-order chi connectivity index (χ1) is 15.8. The van der Waals surface area contributed by atoms with Crippen molar-refractivity contribution in [3.8, 4) is 11.5 Å². The van der Waals surface area contributed by atoms with Crippen LogP contribution in [0.1, 0.15) is 27.0 Å². The van der Waals surface area contributed by atoms with Crippen LogP contribution < -0.4 is 9.47 Å². The Morgan fingerprint density at radius 1 is 0.531 bits per heavy atom. The van der Waals surface area contributed by atoms with Gasteiger partial charge in [-0.25, -0.2) is 4.79 Å². The molecule has 0 atom stereocenters. The number of benzene rings is 4. The van der Waals surface area contributed by atoms with E-state index in [2.05, 4.69) is 0 Å². The summed E-state index contributed by atoms with van der Waals surface area (Å²) in [6.07, 6.45) is 0. The fourth-order valence-corrected chi connectivity index (χ4v) is 3.14. The molecule has 0 bridgehead atoms. The summed E-state index contributed by atoms with van der Waals surface area (Å²) in [5.41, 5.74) is 3.39. The predicted molar refractivity (Wildman–Crippen MR) is 124 cm³/mol. The molecule has 0 saturated carbocycles. The zero-order chi connectivity index (χ0) is 22.0. The Morgan fingerprint density at radius 2 is 0.938 bits per heavy atom. The summed E-state index contributed by atoms with van der Waals surface area (Å²) >= 11 is 0. The zero-order valence-electron chi connectivity index (χ0n) is 17.6. The first-order valence-electron chi connectivity index (χ1n) is 10.5. The number of carbonyl (C=O) groups excluding carboxylic acids is 1. The lowest BCUT2D eigenvalue weighted by Crippen LogP contribution is -2.07. The van der Waals surface area contributed by atoms with Crippen molar-refractivity contribution in [2.45, 2.75) is 19.8 Å². The monoisotopic (exact) mass is 424 g/mol. The molecular formula is C28H24O4. The molecule has 4 aromatic rings. The molecule has 0 fully saturated rings. The van der Waals surface area contributed by atoms with Gasteiger partial charge in [-0.15, -0.1) is 0 Å². The van der Waals surface area contributed by atoms with E-state index in [1.807, 2.05) is 91.0 Å². The molecule has 0 amide bonds. The van der Waals surface area contributed by atoms with Crippen LogP contribution in [0.5, 0.6) is 11.5 Å². The molecular weight excluding hydrogens is 400 g/mol. The van der Waals surface area contributed by atoms with Gasteiger partial charge >= 0.3 is 5.97 Å². The van der Waals surface area contributed by atoms with E-state index in [0.29, 0.717) is 30.3 Å². The lowest BCUT2D eigenvalue weighted by Gasteiger charge is -2.13. The number of hydrogen-bond acceptors (Lipinski definition) is 4. The van der Waals surface area contributed by atoms with Crippen molar-refractivity contribution in [3.05, 3.63) is 131 Å². The van der Waals surface area contributed by atoms with Crippen molar-refractivity contribution in [1.82, 2.24) is 0 Å². The lowest BCUT2D eigenvalue weighted by molar-refractivity contribution is 0.0471. The maximum atomic E-state index is 12.7. The minimum absolute atomic E-state index is 0.203. The normalized spacial score (nSPS) is 10.4. The second kappa shape index (κ2) is 10.8. The third-order valence-electron chi connectivity index (χ3n) is 4.83. The van der Waals surface area contributed by atoms with E-state index in [-0.39, 0.29) is 6.61 Å². The highest BCUT2D eigenvalue weighted by Crippen LogP contribution is 2.25. The van der Waals surface area contributed by atoms with Crippen molar-refractivity contribution < 1.29 is 19.0 Å². The molecule has 0 unspecified atom stereocenters. The molecule has 0 aliphatic heterocycles. The molecule has 4 aromatic carbocycles. The van der Waals surface area contributed by atoms with E-state index in [9.17, 15) is 4.79 Å². The molecule has 0 spiro atoms. The maximum Gasteiger partial charge on any atom is 0.338 e. The van der Waals surface area contributed by atoms with Crippen LogP contribution in [0, 0.1) is 0 Å². The Labute approximate surface area is 188 Å². The van der Waals surface area contributed by atoms with Crippen LogP contribution in [0.2, 0.25) is 0 Å². The summed E-state index contributed by atoms with van der Waals surface area (Å²) in [5, 5.41) is 0. The molecule has 160 valence electrons. The second-order valence-electron chi connectivity index (χ2n) is 7.30. The fourth-order valence-electron chi connectivity index (χ4n) is 3.14. The van der Waals surface area contributed by atoms with E-state index in [1.165, 1.54) is 0 Å². The first-order valence-corrected chi connectivity index (χ1v) is 10.5. The van der Waals surface area contributed by atoms with Crippen molar-refractivity contribution in [2.24, 2.45) is 0 Å². The smallest absolute Gasteiger partial charge is 0.338 e. The van der Waals surface area contributed by atoms with Gasteiger partial charge in [-0.1, -0.05) is 91.0 Å². The highest BCUT2D eigenvalue weighted by molar-refractivity contribution is 5.90. The molecule has 0 aliphatic carbocycles. The Hall–Kier alpha value is -4.05. The molecule has 0 aromatic heterocycles. The predicted octanol–water partition coefficient (Wildman–Crippen LogP) is 6.20. The van der Waals surface area contributed by atoms with Crippen molar-refractivity contribution in [3.63, 3.8) is 0 Å². The third-order valence-corrected chi connectivity index (χ3v) is 4.83. The summed E-state index contributed by atoms with van der Waals surface area (Å²) in [6.45, 7) is 0.984. The molecule has 0 aliphatic rings. The molecule has 0 heterocycles. The van der Waals surface area contributed by atoms with Gasteiger partial charge in [0, 0.05) is 6.07 Å². The largest absolute Gasteiger partial charge is 0.489 e. The van der Waals surface area contributed by atoms with Gasteiger partial charge in [-0.05, 0) is 28.8 Å². The van der Waals surface area contributed by atoms with Gasteiger partial charge in [-0.2, -0.15) is 0 Å². The molecule has 32 heavy (non-hydrogen) atoms. The van der Waals surface area contributed by atoms with Gasteiger partial charge in [0.2, 0.25) is 0 Å². The minimum atomic E-state index is -0.427.